The highest BCUT2D eigenvalue weighted by atomic mass is 35.5. The number of aromatic nitrogens is 1. The number of hydrogen-bond acceptors (Lipinski definition) is 2. The molecule has 5 heteroatoms. The van der Waals surface area contributed by atoms with Gasteiger partial charge in [0.15, 0.2) is 0 Å². The normalized spacial score (nSPS) is 10.1. The zero-order chi connectivity index (χ0) is 13.1. The molecule has 0 saturated heterocycles. The lowest BCUT2D eigenvalue weighted by atomic mass is 10.1. The van der Waals surface area contributed by atoms with Crippen molar-refractivity contribution >= 4 is 34.8 Å². The molecule has 0 fully saturated rings. The van der Waals surface area contributed by atoms with Gasteiger partial charge < -0.3 is 0 Å². The second kappa shape index (κ2) is 5.58. The van der Waals surface area contributed by atoms with Crippen LogP contribution in [0.25, 0.3) is 11.3 Å². The molecule has 2 aromatic rings. The Kier molecular flexibility index (Phi) is 4.08. The second-order valence-electron chi connectivity index (χ2n) is 3.65. The molecule has 90 valence electrons. The van der Waals surface area contributed by atoms with E-state index in [1.54, 1.807) is 24.3 Å². The van der Waals surface area contributed by atoms with E-state index in [1.165, 1.54) is 6.20 Å². The van der Waals surface area contributed by atoms with Crippen molar-refractivity contribution in [3.8, 4) is 17.3 Å². The Morgan fingerprint density at radius 2 is 1.72 bits per heavy atom. The SMILES string of the molecule is N#CCc1cc(-c2cc(Cl)cc(Cl)c2)ncc1Cl. The number of halogens is 3. The van der Waals surface area contributed by atoms with E-state index in [0.717, 1.165) is 11.1 Å². The van der Waals surface area contributed by atoms with Gasteiger partial charge in [-0.2, -0.15) is 5.26 Å². The maximum Gasteiger partial charge on any atom is 0.0707 e. The summed E-state index contributed by atoms with van der Waals surface area (Å²) in [5.41, 5.74) is 2.22. The van der Waals surface area contributed by atoms with Crippen LogP contribution in [0.5, 0.6) is 0 Å². The monoisotopic (exact) mass is 296 g/mol. The van der Waals surface area contributed by atoms with Crippen LogP contribution in [0.1, 0.15) is 5.56 Å². The third-order valence-corrected chi connectivity index (χ3v) is 3.14. The van der Waals surface area contributed by atoms with Gasteiger partial charge in [-0.1, -0.05) is 34.8 Å². The molecule has 1 heterocycles. The molecule has 0 saturated carbocycles. The standard InChI is InChI=1S/C13H7Cl3N2/c14-10-3-9(4-11(15)6-10)13-5-8(1-2-17)12(16)7-18-13/h3-7H,1H2. The van der Waals surface area contributed by atoms with Crippen LogP contribution in [-0.2, 0) is 6.42 Å². The largest absolute Gasteiger partial charge is 0.255 e. The first-order chi connectivity index (χ1) is 8.60. The van der Waals surface area contributed by atoms with Gasteiger partial charge >= 0.3 is 0 Å². The van der Waals surface area contributed by atoms with Gasteiger partial charge in [0, 0.05) is 21.8 Å². The molecular formula is C13H7Cl3N2. The van der Waals surface area contributed by atoms with Gasteiger partial charge in [-0.25, -0.2) is 0 Å². The molecular weight excluding hydrogens is 291 g/mol. The van der Waals surface area contributed by atoms with Gasteiger partial charge in [-0.05, 0) is 29.8 Å². The van der Waals surface area contributed by atoms with Gasteiger partial charge in [0.05, 0.1) is 23.2 Å². The Morgan fingerprint density at radius 1 is 1.06 bits per heavy atom. The topological polar surface area (TPSA) is 36.7 Å². The highest BCUT2D eigenvalue weighted by Gasteiger charge is 2.07. The van der Waals surface area contributed by atoms with Crippen molar-refractivity contribution in [2.45, 2.75) is 6.42 Å². The molecule has 0 atom stereocenters. The molecule has 0 aliphatic carbocycles. The zero-order valence-corrected chi connectivity index (χ0v) is 11.4. The van der Waals surface area contributed by atoms with E-state index in [-0.39, 0.29) is 6.42 Å². The van der Waals surface area contributed by atoms with Gasteiger partial charge in [0.2, 0.25) is 0 Å². The van der Waals surface area contributed by atoms with Crippen LogP contribution in [0.2, 0.25) is 15.1 Å². The van der Waals surface area contributed by atoms with E-state index in [1.807, 2.05) is 0 Å². The number of nitrogens with zero attached hydrogens (tertiary/aromatic N) is 2. The number of hydrogen-bond donors (Lipinski definition) is 0. The minimum atomic E-state index is 0.239. The molecule has 0 spiro atoms. The Morgan fingerprint density at radius 3 is 2.33 bits per heavy atom. The quantitative estimate of drug-likeness (QED) is 0.800. The van der Waals surface area contributed by atoms with Crippen molar-refractivity contribution in [3.63, 3.8) is 0 Å². The van der Waals surface area contributed by atoms with E-state index in [4.69, 9.17) is 40.1 Å². The molecule has 0 aliphatic heterocycles. The molecule has 2 rings (SSSR count). The van der Waals surface area contributed by atoms with Crippen LogP contribution in [-0.4, -0.2) is 4.98 Å². The molecule has 18 heavy (non-hydrogen) atoms. The fourth-order valence-corrected chi connectivity index (χ4v) is 2.26. The van der Waals surface area contributed by atoms with Crippen molar-refractivity contribution in [2.24, 2.45) is 0 Å². The predicted molar refractivity (Wildman–Crippen MR) is 74.0 cm³/mol. The summed E-state index contributed by atoms with van der Waals surface area (Å²) in [6, 6.07) is 9.01. The van der Waals surface area contributed by atoms with Gasteiger partial charge in [0.1, 0.15) is 0 Å². The highest BCUT2D eigenvalue weighted by molar-refractivity contribution is 6.35. The Balaban J connectivity index is 2.51. The highest BCUT2D eigenvalue weighted by Crippen LogP contribution is 2.28. The Bertz CT molecular complexity index is 612. The van der Waals surface area contributed by atoms with Crippen molar-refractivity contribution in [2.75, 3.05) is 0 Å². The summed E-state index contributed by atoms with van der Waals surface area (Å²) in [5.74, 6) is 0. The van der Waals surface area contributed by atoms with Crippen LogP contribution < -0.4 is 0 Å². The van der Waals surface area contributed by atoms with E-state index in [0.29, 0.717) is 20.8 Å². The van der Waals surface area contributed by atoms with E-state index in [9.17, 15) is 0 Å². The lowest BCUT2D eigenvalue weighted by molar-refractivity contribution is 1.21. The lowest BCUT2D eigenvalue weighted by Gasteiger charge is -2.05. The van der Waals surface area contributed by atoms with E-state index >= 15 is 0 Å². The lowest BCUT2D eigenvalue weighted by Crippen LogP contribution is -1.90. The molecule has 0 unspecified atom stereocenters. The van der Waals surface area contributed by atoms with Crippen molar-refractivity contribution in [1.29, 1.82) is 5.26 Å². The number of pyridine rings is 1. The van der Waals surface area contributed by atoms with E-state index in [2.05, 4.69) is 11.1 Å². The molecule has 1 aromatic carbocycles. The minimum Gasteiger partial charge on any atom is -0.255 e. The Hall–Kier alpha value is -1.27. The van der Waals surface area contributed by atoms with Crippen molar-refractivity contribution in [3.05, 3.63) is 51.1 Å². The average Bonchev–Trinajstić information content (AvgIpc) is 2.31. The Labute approximate surface area is 120 Å². The average molecular weight is 298 g/mol. The van der Waals surface area contributed by atoms with Gasteiger partial charge in [-0.3, -0.25) is 4.98 Å². The predicted octanol–water partition coefficient (Wildman–Crippen LogP) is 4.77. The molecule has 1 aromatic heterocycles. The van der Waals surface area contributed by atoms with Crippen LogP contribution in [0.3, 0.4) is 0 Å². The molecule has 0 radical (unpaired) electrons. The number of rotatable bonds is 2. The summed E-state index contributed by atoms with van der Waals surface area (Å²) in [4.78, 5) is 4.22. The third-order valence-electron chi connectivity index (χ3n) is 2.36. The van der Waals surface area contributed by atoms with Crippen LogP contribution in [0.4, 0.5) is 0 Å². The summed E-state index contributed by atoms with van der Waals surface area (Å²) in [6.45, 7) is 0. The summed E-state index contributed by atoms with van der Waals surface area (Å²) in [6.07, 6.45) is 1.76. The first kappa shape index (κ1) is 13.2. The number of benzene rings is 1. The number of nitriles is 1. The first-order valence-corrected chi connectivity index (χ1v) is 6.21. The van der Waals surface area contributed by atoms with Gasteiger partial charge in [-0.15, -0.1) is 0 Å². The fourth-order valence-electron chi connectivity index (χ4n) is 1.56. The molecule has 0 N–H and O–H groups in total. The van der Waals surface area contributed by atoms with Crippen molar-refractivity contribution < 1.29 is 0 Å². The smallest absolute Gasteiger partial charge is 0.0707 e. The van der Waals surface area contributed by atoms with Crippen LogP contribution in [0.15, 0.2) is 30.5 Å². The molecule has 0 bridgehead atoms. The van der Waals surface area contributed by atoms with Crippen LogP contribution in [0, 0.1) is 11.3 Å². The summed E-state index contributed by atoms with van der Waals surface area (Å²) in [5, 5.41) is 10.3. The maximum atomic E-state index is 8.72. The molecule has 0 amide bonds. The second-order valence-corrected chi connectivity index (χ2v) is 4.93. The minimum absolute atomic E-state index is 0.239. The van der Waals surface area contributed by atoms with Gasteiger partial charge in [0.25, 0.3) is 0 Å². The summed E-state index contributed by atoms with van der Waals surface area (Å²) >= 11 is 17.8. The summed E-state index contributed by atoms with van der Waals surface area (Å²) in [7, 11) is 0. The zero-order valence-electron chi connectivity index (χ0n) is 9.12. The fraction of sp³-hybridized carbons (Fsp3) is 0.0769. The van der Waals surface area contributed by atoms with E-state index < -0.39 is 0 Å². The molecule has 2 nitrogen and oxygen atoms in total. The van der Waals surface area contributed by atoms with Crippen LogP contribution >= 0.6 is 34.8 Å². The maximum absolute atomic E-state index is 8.72. The summed E-state index contributed by atoms with van der Waals surface area (Å²) < 4.78 is 0. The van der Waals surface area contributed by atoms with Crippen molar-refractivity contribution in [1.82, 2.24) is 4.98 Å². The molecule has 0 aliphatic rings. The first-order valence-electron chi connectivity index (χ1n) is 5.08. The third kappa shape index (κ3) is 2.94.